The number of urea groups is 1. The molecule has 1 unspecified atom stereocenters. The second-order valence-electron chi connectivity index (χ2n) is 4.57. The van der Waals surface area contributed by atoms with E-state index < -0.39 is 24.0 Å². The fourth-order valence-electron chi connectivity index (χ4n) is 1.88. The SMILES string of the molecule is COC(=O)CC[C@H](NC(=O)N1CCSCC1C)C(=O)O. The predicted octanol–water partition coefficient (Wildman–Crippen LogP) is 0.540. The van der Waals surface area contributed by atoms with Gasteiger partial charge in [-0.2, -0.15) is 11.8 Å². The van der Waals surface area contributed by atoms with Crippen LogP contribution in [0.2, 0.25) is 0 Å². The van der Waals surface area contributed by atoms with Gasteiger partial charge in [0.05, 0.1) is 7.11 Å². The van der Waals surface area contributed by atoms with E-state index in [0.29, 0.717) is 6.54 Å². The summed E-state index contributed by atoms with van der Waals surface area (Å²) in [7, 11) is 1.24. The molecule has 1 fully saturated rings. The Hall–Kier alpha value is -1.44. The van der Waals surface area contributed by atoms with Crippen LogP contribution in [-0.2, 0) is 14.3 Å². The van der Waals surface area contributed by atoms with E-state index in [0.717, 1.165) is 11.5 Å². The second kappa shape index (κ2) is 7.98. The van der Waals surface area contributed by atoms with Gasteiger partial charge in [-0.25, -0.2) is 9.59 Å². The maximum atomic E-state index is 12.1. The van der Waals surface area contributed by atoms with E-state index in [4.69, 9.17) is 5.11 Å². The van der Waals surface area contributed by atoms with Crippen molar-refractivity contribution in [1.82, 2.24) is 10.2 Å². The van der Waals surface area contributed by atoms with Crippen molar-refractivity contribution in [3.63, 3.8) is 0 Å². The number of carbonyl (C=O) groups excluding carboxylic acids is 2. The zero-order valence-corrected chi connectivity index (χ0v) is 12.4. The quantitative estimate of drug-likeness (QED) is 0.720. The Labute approximate surface area is 122 Å². The normalized spacial score (nSPS) is 20.1. The van der Waals surface area contributed by atoms with Crippen LogP contribution in [-0.4, -0.2) is 65.2 Å². The van der Waals surface area contributed by atoms with Crippen molar-refractivity contribution in [3.05, 3.63) is 0 Å². The molecular formula is C12H20N2O5S. The summed E-state index contributed by atoms with van der Waals surface area (Å²) in [5, 5.41) is 11.5. The predicted molar refractivity (Wildman–Crippen MR) is 74.7 cm³/mol. The molecule has 1 aliphatic heterocycles. The number of esters is 1. The summed E-state index contributed by atoms with van der Waals surface area (Å²) in [4.78, 5) is 35.8. The van der Waals surface area contributed by atoms with Crippen molar-refractivity contribution in [2.45, 2.75) is 31.8 Å². The summed E-state index contributed by atoms with van der Waals surface area (Å²) in [6.07, 6.45) is -0.0239. The van der Waals surface area contributed by atoms with E-state index in [1.165, 1.54) is 7.11 Å². The second-order valence-corrected chi connectivity index (χ2v) is 5.72. The van der Waals surface area contributed by atoms with Crippen LogP contribution >= 0.6 is 11.8 Å². The minimum Gasteiger partial charge on any atom is -0.480 e. The fourth-order valence-corrected chi connectivity index (χ4v) is 2.90. The van der Waals surface area contributed by atoms with E-state index in [9.17, 15) is 14.4 Å². The summed E-state index contributed by atoms with van der Waals surface area (Å²) >= 11 is 1.77. The summed E-state index contributed by atoms with van der Waals surface area (Å²) < 4.78 is 4.46. The number of nitrogens with zero attached hydrogens (tertiary/aromatic N) is 1. The van der Waals surface area contributed by atoms with Crippen LogP contribution in [0, 0.1) is 0 Å². The first-order valence-electron chi connectivity index (χ1n) is 6.40. The first-order chi connectivity index (χ1) is 9.45. The smallest absolute Gasteiger partial charge is 0.326 e. The number of carboxylic acid groups (broad SMARTS) is 1. The third-order valence-electron chi connectivity index (χ3n) is 3.09. The van der Waals surface area contributed by atoms with Crippen molar-refractivity contribution in [2.24, 2.45) is 0 Å². The lowest BCUT2D eigenvalue weighted by atomic mass is 10.1. The van der Waals surface area contributed by atoms with Gasteiger partial charge in [-0.05, 0) is 13.3 Å². The highest BCUT2D eigenvalue weighted by Crippen LogP contribution is 2.16. The molecule has 0 radical (unpaired) electrons. The Morgan fingerprint density at radius 2 is 2.20 bits per heavy atom. The standard InChI is InChI=1S/C12H20N2O5S/c1-8-7-20-6-5-14(8)12(18)13-9(11(16)17)3-4-10(15)19-2/h8-9H,3-7H2,1-2H3,(H,13,18)(H,16,17)/t8?,9-/m0/s1. The molecule has 0 saturated carbocycles. The van der Waals surface area contributed by atoms with Crippen LogP contribution in [0.3, 0.4) is 0 Å². The average molecular weight is 304 g/mol. The van der Waals surface area contributed by atoms with E-state index >= 15 is 0 Å². The molecule has 8 heteroatoms. The number of hydrogen-bond acceptors (Lipinski definition) is 5. The van der Waals surface area contributed by atoms with Gasteiger partial charge in [-0.1, -0.05) is 0 Å². The van der Waals surface area contributed by atoms with Crippen LogP contribution in [0.5, 0.6) is 0 Å². The molecule has 0 aromatic heterocycles. The van der Waals surface area contributed by atoms with E-state index in [-0.39, 0.29) is 18.9 Å². The third-order valence-corrected chi connectivity index (χ3v) is 4.28. The van der Waals surface area contributed by atoms with E-state index in [2.05, 4.69) is 10.1 Å². The molecule has 1 aliphatic rings. The fraction of sp³-hybridized carbons (Fsp3) is 0.750. The highest BCUT2D eigenvalue weighted by atomic mass is 32.2. The minimum absolute atomic E-state index is 0.0186. The van der Waals surface area contributed by atoms with Gasteiger partial charge in [0, 0.05) is 30.5 Å². The molecule has 2 atom stereocenters. The number of thioether (sulfide) groups is 1. The van der Waals surface area contributed by atoms with Crippen molar-refractivity contribution in [2.75, 3.05) is 25.2 Å². The largest absolute Gasteiger partial charge is 0.480 e. The molecule has 1 heterocycles. The molecule has 0 aliphatic carbocycles. The molecule has 1 saturated heterocycles. The van der Waals surface area contributed by atoms with Gasteiger partial charge in [-0.3, -0.25) is 4.79 Å². The van der Waals surface area contributed by atoms with Crippen LogP contribution in [0.4, 0.5) is 4.79 Å². The Kier molecular flexibility index (Phi) is 6.63. The highest BCUT2D eigenvalue weighted by molar-refractivity contribution is 7.99. The summed E-state index contributed by atoms with van der Waals surface area (Å²) in [6.45, 7) is 2.52. The van der Waals surface area contributed by atoms with Crippen LogP contribution in [0.25, 0.3) is 0 Å². The first kappa shape index (κ1) is 16.6. The van der Waals surface area contributed by atoms with Crippen LogP contribution in [0.1, 0.15) is 19.8 Å². The molecular weight excluding hydrogens is 284 g/mol. The number of aliphatic carboxylic acids is 1. The molecule has 0 aromatic carbocycles. The lowest BCUT2D eigenvalue weighted by Crippen LogP contribution is -2.53. The molecule has 0 bridgehead atoms. The number of carboxylic acids is 1. The highest BCUT2D eigenvalue weighted by Gasteiger charge is 2.28. The maximum Gasteiger partial charge on any atom is 0.326 e. The Morgan fingerprint density at radius 1 is 1.50 bits per heavy atom. The minimum atomic E-state index is -1.15. The van der Waals surface area contributed by atoms with Gasteiger partial charge in [0.15, 0.2) is 0 Å². The average Bonchev–Trinajstić information content (AvgIpc) is 2.42. The molecule has 0 spiro atoms. The molecule has 2 N–H and O–H groups in total. The molecule has 1 rings (SSSR count). The van der Waals surface area contributed by atoms with Crippen molar-refractivity contribution in [3.8, 4) is 0 Å². The number of rotatable bonds is 5. The van der Waals surface area contributed by atoms with Gasteiger partial charge in [0.2, 0.25) is 0 Å². The van der Waals surface area contributed by atoms with Gasteiger partial charge < -0.3 is 20.1 Å². The number of ether oxygens (including phenoxy) is 1. The topological polar surface area (TPSA) is 95.9 Å². The molecule has 20 heavy (non-hydrogen) atoms. The molecule has 7 nitrogen and oxygen atoms in total. The van der Waals surface area contributed by atoms with Crippen LogP contribution in [0.15, 0.2) is 0 Å². The van der Waals surface area contributed by atoms with Crippen molar-refractivity contribution in [1.29, 1.82) is 0 Å². The lowest BCUT2D eigenvalue weighted by molar-refractivity contribution is -0.142. The van der Waals surface area contributed by atoms with Gasteiger partial charge in [-0.15, -0.1) is 0 Å². The van der Waals surface area contributed by atoms with Gasteiger partial charge in [0.1, 0.15) is 6.04 Å². The summed E-state index contributed by atoms with van der Waals surface area (Å²) in [5.41, 5.74) is 0. The van der Waals surface area contributed by atoms with Crippen molar-refractivity contribution >= 4 is 29.7 Å². The van der Waals surface area contributed by atoms with Crippen molar-refractivity contribution < 1.29 is 24.2 Å². The first-order valence-corrected chi connectivity index (χ1v) is 7.55. The molecule has 114 valence electrons. The van der Waals surface area contributed by atoms with Gasteiger partial charge in [0.25, 0.3) is 0 Å². The van der Waals surface area contributed by atoms with Crippen LogP contribution < -0.4 is 5.32 Å². The third kappa shape index (κ3) is 4.92. The zero-order chi connectivity index (χ0) is 15.1. The maximum absolute atomic E-state index is 12.1. The lowest BCUT2D eigenvalue weighted by Gasteiger charge is -2.33. The Balaban J connectivity index is 2.53. The van der Waals surface area contributed by atoms with Gasteiger partial charge >= 0.3 is 18.0 Å². The summed E-state index contributed by atoms with van der Waals surface area (Å²) in [6, 6.07) is -1.40. The molecule has 2 amide bonds. The Bertz CT molecular complexity index is 377. The number of hydrogen-bond donors (Lipinski definition) is 2. The summed E-state index contributed by atoms with van der Waals surface area (Å²) in [5.74, 6) is 0.0415. The van der Waals surface area contributed by atoms with E-state index in [1.54, 1.807) is 16.7 Å². The Morgan fingerprint density at radius 3 is 2.75 bits per heavy atom. The zero-order valence-electron chi connectivity index (χ0n) is 11.6. The molecule has 0 aromatic rings. The monoisotopic (exact) mass is 304 g/mol. The number of amides is 2. The number of nitrogens with one attached hydrogen (secondary N) is 1. The number of methoxy groups -OCH3 is 1. The number of carbonyl (C=O) groups is 3. The van der Waals surface area contributed by atoms with E-state index in [1.807, 2.05) is 6.92 Å².